The third-order valence-corrected chi connectivity index (χ3v) is 2.53. The Labute approximate surface area is 138 Å². The Morgan fingerprint density at radius 2 is 1.92 bits per heavy atom. The number of hydrogen-bond donors (Lipinski definition) is 1. The van der Waals surface area contributed by atoms with Crippen molar-refractivity contribution in [2.75, 3.05) is 0 Å². The highest BCUT2D eigenvalue weighted by atomic mass is 19.4. The molecule has 1 aromatic rings. The maximum Gasteiger partial charge on any atom is 0.389 e. The third kappa shape index (κ3) is 12.5. The zero-order valence-electron chi connectivity index (χ0n) is 14.0. The molecule has 138 valence electrons. The van der Waals surface area contributed by atoms with Crippen molar-refractivity contribution in [3.8, 4) is 0 Å². The van der Waals surface area contributed by atoms with Gasteiger partial charge in [0.1, 0.15) is 11.9 Å². The summed E-state index contributed by atoms with van der Waals surface area (Å²) in [6, 6.07) is 1.81. The summed E-state index contributed by atoms with van der Waals surface area (Å²) >= 11 is 0. The standard InChI is InChI=1S/C11H17F3O4.C4H5NO/c1-10(2,3)18-8(15)6-7(9(16)17)4-5-11(12,13)14;1-4-2-3-6-5-4/h7H,4-6H2,1-3H3,(H,16,17);2-3H,1H3. The fourth-order valence-electron chi connectivity index (χ4n) is 1.51. The summed E-state index contributed by atoms with van der Waals surface area (Å²) in [6.45, 7) is 6.66. The number of carboxylic acid groups (broad SMARTS) is 1. The zero-order chi connectivity index (χ0) is 19.0. The van der Waals surface area contributed by atoms with Crippen molar-refractivity contribution in [2.24, 2.45) is 5.92 Å². The minimum Gasteiger partial charge on any atom is -0.481 e. The highest BCUT2D eigenvalue weighted by molar-refractivity contribution is 5.78. The number of alkyl halides is 3. The van der Waals surface area contributed by atoms with E-state index in [1.54, 1.807) is 33.1 Å². The quantitative estimate of drug-likeness (QED) is 0.811. The Kier molecular flexibility index (Phi) is 8.49. The van der Waals surface area contributed by atoms with Gasteiger partial charge < -0.3 is 14.4 Å². The molecule has 0 fully saturated rings. The predicted molar refractivity (Wildman–Crippen MR) is 78.1 cm³/mol. The molecule has 1 unspecified atom stereocenters. The molecule has 0 aliphatic heterocycles. The van der Waals surface area contributed by atoms with Crippen LogP contribution in [0.15, 0.2) is 16.9 Å². The van der Waals surface area contributed by atoms with Crippen LogP contribution < -0.4 is 0 Å². The van der Waals surface area contributed by atoms with Gasteiger partial charge in [0, 0.05) is 12.5 Å². The summed E-state index contributed by atoms with van der Waals surface area (Å²) in [5.74, 6) is -3.61. The fourth-order valence-corrected chi connectivity index (χ4v) is 1.51. The molecule has 0 saturated carbocycles. The number of ether oxygens (including phenoxy) is 1. The topological polar surface area (TPSA) is 89.6 Å². The van der Waals surface area contributed by atoms with Crippen molar-refractivity contribution in [1.29, 1.82) is 0 Å². The lowest BCUT2D eigenvalue weighted by Crippen LogP contribution is -2.28. The van der Waals surface area contributed by atoms with Crippen LogP contribution in [0.25, 0.3) is 0 Å². The summed E-state index contributed by atoms with van der Waals surface area (Å²) in [5.41, 5.74) is 0.138. The van der Waals surface area contributed by atoms with Crippen LogP contribution in [-0.4, -0.2) is 34.0 Å². The van der Waals surface area contributed by atoms with E-state index in [-0.39, 0.29) is 0 Å². The van der Waals surface area contributed by atoms with Crippen LogP contribution in [0.3, 0.4) is 0 Å². The second-order valence-corrected chi connectivity index (χ2v) is 6.12. The molecule has 0 aromatic carbocycles. The van der Waals surface area contributed by atoms with E-state index in [0.717, 1.165) is 5.69 Å². The van der Waals surface area contributed by atoms with Gasteiger partial charge in [-0.1, -0.05) is 5.16 Å². The molecule has 6 nitrogen and oxygen atoms in total. The molecule has 0 amide bonds. The van der Waals surface area contributed by atoms with Gasteiger partial charge >= 0.3 is 18.1 Å². The Morgan fingerprint density at radius 3 is 2.21 bits per heavy atom. The average molecular weight is 353 g/mol. The number of halogens is 3. The van der Waals surface area contributed by atoms with Crippen LogP contribution in [-0.2, 0) is 14.3 Å². The number of aryl methyl sites for hydroxylation is 1. The lowest BCUT2D eigenvalue weighted by atomic mass is 9.99. The minimum absolute atomic E-state index is 0.553. The van der Waals surface area contributed by atoms with Crippen molar-refractivity contribution >= 4 is 11.9 Å². The first kappa shape index (κ1) is 21.9. The first-order valence-corrected chi connectivity index (χ1v) is 7.18. The minimum atomic E-state index is -4.43. The number of aromatic nitrogens is 1. The monoisotopic (exact) mass is 353 g/mol. The predicted octanol–water partition coefficient (Wildman–Crippen LogP) is 3.74. The molecule has 24 heavy (non-hydrogen) atoms. The van der Waals surface area contributed by atoms with E-state index in [0.29, 0.717) is 0 Å². The van der Waals surface area contributed by atoms with Crippen LogP contribution in [0.2, 0.25) is 0 Å². The number of aliphatic carboxylic acids is 1. The Bertz CT molecular complexity index is 506. The number of carboxylic acids is 1. The number of rotatable bonds is 5. The summed E-state index contributed by atoms with van der Waals surface area (Å²) in [6.07, 6.45) is -5.29. The second kappa shape index (κ2) is 9.29. The molecule has 0 aliphatic rings. The summed E-state index contributed by atoms with van der Waals surface area (Å²) in [5, 5.41) is 12.3. The average Bonchev–Trinajstić information content (AvgIpc) is 2.82. The van der Waals surface area contributed by atoms with Crippen molar-refractivity contribution in [3.63, 3.8) is 0 Å². The van der Waals surface area contributed by atoms with E-state index in [1.807, 2.05) is 6.92 Å². The molecule has 0 bridgehead atoms. The molecule has 0 spiro atoms. The van der Waals surface area contributed by atoms with Crippen molar-refractivity contribution in [1.82, 2.24) is 5.16 Å². The molecule has 1 aromatic heterocycles. The largest absolute Gasteiger partial charge is 0.481 e. The summed E-state index contributed by atoms with van der Waals surface area (Å²) in [4.78, 5) is 22.1. The van der Waals surface area contributed by atoms with Gasteiger partial charge in [-0.2, -0.15) is 13.2 Å². The van der Waals surface area contributed by atoms with Crippen LogP contribution >= 0.6 is 0 Å². The first-order chi connectivity index (χ1) is 10.8. The molecule has 0 radical (unpaired) electrons. The molecular weight excluding hydrogens is 331 g/mol. The molecular formula is C15H22F3NO5. The van der Waals surface area contributed by atoms with Crippen molar-refractivity contribution in [2.45, 2.75) is 58.7 Å². The summed E-state index contributed by atoms with van der Waals surface area (Å²) in [7, 11) is 0. The summed E-state index contributed by atoms with van der Waals surface area (Å²) < 4.78 is 45.3. The number of hydrogen-bond acceptors (Lipinski definition) is 5. The number of carbonyl (C=O) groups is 2. The van der Waals surface area contributed by atoms with E-state index >= 15 is 0 Å². The second-order valence-electron chi connectivity index (χ2n) is 6.12. The lowest BCUT2D eigenvalue weighted by molar-refractivity contribution is -0.162. The molecule has 1 N–H and O–H groups in total. The van der Waals surface area contributed by atoms with E-state index in [1.165, 1.54) is 0 Å². The maximum atomic E-state index is 12.0. The van der Waals surface area contributed by atoms with E-state index < -0.39 is 48.9 Å². The van der Waals surface area contributed by atoms with Gasteiger partial charge in [-0.3, -0.25) is 9.59 Å². The fraction of sp³-hybridized carbons (Fsp3) is 0.667. The van der Waals surface area contributed by atoms with Gasteiger partial charge in [-0.15, -0.1) is 0 Å². The van der Waals surface area contributed by atoms with Crippen LogP contribution in [0, 0.1) is 12.8 Å². The van der Waals surface area contributed by atoms with Gasteiger partial charge in [0.15, 0.2) is 0 Å². The molecule has 1 rings (SSSR count). The molecule has 0 saturated heterocycles. The molecule has 9 heteroatoms. The first-order valence-electron chi connectivity index (χ1n) is 7.18. The maximum absolute atomic E-state index is 12.0. The van der Waals surface area contributed by atoms with Crippen LogP contribution in [0.4, 0.5) is 13.2 Å². The Balaban J connectivity index is 0.000000728. The van der Waals surface area contributed by atoms with Crippen LogP contribution in [0.5, 0.6) is 0 Å². The molecule has 0 aliphatic carbocycles. The Hall–Kier alpha value is -2.06. The van der Waals surface area contributed by atoms with Crippen molar-refractivity contribution < 1.29 is 37.1 Å². The molecule has 1 atom stereocenters. The van der Waals surface area contributed by atoms with Gasteiger partial charge in [0.2, 0.25) is 0 Å². The normalized spacial score (nSPS) is 12.8. The lowest BCUT2D eigenvalue weighted by Gasteiger charge is -2.21. The number of nitrogens with zero attached hydrogens (tertiary/aromatic N) is 1. The smallest absolute Gasteiger partial charge is 0.389 e. The Morgan fingerprint density at radius 1 is 1.33 bits per heavy atom. The van der Waals surface area contributed by atoms with Gasteiger partial charge in [0.25, 0.3) is 0 Å². The van der Waals surface area contributed by atoms with E-state index in [9.17, 15) is 22.8 Å². The number of esters is 1. The van der Waals surface area contributed by atoms with Gasteiger partial charge in [-0.25, -0.2) is 0 Å². The van der Waals surface area contributed by atoms with E-state index in [4.69, 9.17) is 9.84 Å². The van der Waals surface area contributed by atoms with Gasteiger partial charge in [0.05, 0.1) is 18.0 Å². The molecule has 1 heterocycles. The number of carbonyl (C=O) groups excluding carboxylic acids is 1. The SMILES string of the molecule is CC(C)(C)OC(=O)CC(CCC(F)(F)F)C(=O)O.Cc1ccon1. The highest BCUT2D eigenvalue weighted by Gasteiger charge is 2.32. The van der Waals surface area contributed by atoms with Crippen molar-refractivity contribution in [3.05, 3.63) is 18.0 Å². The van der Waals surface area contributed by atoms with Crippen LogP contribution in [0.1, 0.15) is 45.7 Å². The van der Waals surface area contributed by atoms with E-state index in [2.05, 4.69) is 9.68 Å². The zero-order valence-corrected chi connectivity index (χ0v) is 14.0. The highest BCUT2D eigenvalue weighted by Crippen LogP contribution is 2.26. The third-order valence-electron chi connectivity index (χ3n) is 2.53. The van der Waals surface area contributed by atoms with Gasteiger partial charge in [-0.05, 0) is 34.1 Å².